The lowest BCUT2D eigenvalue weighted by Crippen LogP contribution is -2.11. The van der Waals surface area contributed by atoms with Crippen LogP contribution >= 0.6 is 23.2 Å². The van der Waals surface area contributed by atoms with E-state index in [9.17, 15) is 14.9 Å². The summed E-state index contributed by atoms with van der Waals surface area (Å²) in [5.41, 5.74) is 1.90. The van der Waals surface area contributed by atoms with Crippen molar-refractivity contribution in [2.75, 3.05) is 5.32 Å². The first-order valence-electron chi connectivity index (χ1n) is 10.7. The van der Waals surface area contributed by atoms with Crippen molar-refractivity contribution in [3.63, 3.8) is 0 Å². The first-order valence-corrected chi connectivity index (χ1v) is 11.5. The Bertz CT molecular complexity index is 1450. The molecule has 0 aliphatic rings. The molecule has 0 aliphatic carbocycles. The van der Waals surface area contributed by atoms with Crippen molar-refractivity contribution >= 4 is 40.5 Å². The van der Waals surface area contributed by atoms with Crippen molar-refractivity contribution in [1.82, 2.24) is 0 Å². The molecule has 0 saturated carbocycles. The van der Waals surface area contributed by atoms with Crippen molar-refractivity contribution in [1.29, 1.82) is 0 Å². The largest absolute Gasteiger partial charge is 0.485 e. The Morgan fingerprint density at radius 1 is 1.00 bits per heavy atom. The Kier molecular flexibility index (Phi) is 7.47. The predicted molar refractivity (Wildman–Crippen MR) is 137 cm³/mol. The zero-order valence-electron chi connectivity index (χ0n) is 19.2. The van der Waals surface area contributed by atoms with Gasteiger partial charge in [-0.05, 0) is 61.4 Å². The minimum absolute atomic E-state index is 0.0179. The summed E-state index contributed by atoms with van der Waals surface area (Å²) in [6.07, 6.45) is 0. The number of amides is 1. The standard InChI is InChI=1S/C26H20Cl2N2O6/c1-15-3-4-16(2)25(9-15)34-14-20-6-8-24(35-20)26(31)29-18-11-19(30(32)33)13-21(12-18)36-23-7-5-17(27)10-22(23)28/h3-13H,14H2,1-2H3,(H,29,31). The number of nitro benzene ring substituents is 1. The Labute approximate surface area is 216 Å². The van der Waals surface area contributed by atoms with Crippen LogP contribution in [0.3, 0.4) is 0 Å². The summed E-state index contributed by atoms with van der Waals surface area (Å²) in [6, 6.07) is 17.5. The Morgan fingerprint density at radius 2 is 1.81 bits per heavy atom. The number of benzene rings is 3. The van der Waals surface area contributed by atoms with Crippen molar-refractivity contribution in [3.8, 4) is 17.2 Å². The van der Waals surface area contributed by atoms with Crippen LogP contribution in [-0.4, -0.2) is 10.8 Å². The van der Waals surface area contributed by atoms with Gasteiger partial charge in [-0.25, -0.2) is 0 Å². The van der Waals surface area contributed by atoms with Crippen molar-refractivity contribution in [2.45, 2.75) is 20.5 Å². The molecule has 0 radical (unpaired) electrons. The maximum atomic E-state index is 12.8. The Hall–Kier alpha value is -4.01. The number of rotatable bonds is 8. The van der Waals surface area contributed by atoms with E-state index in [2.05, 4.69) is 5.32 Å². The van der Waals surface area contributed by atoms with E-state index < -0.39 is 10.8 Å². The third-order valence-electron chi connectivity index (χ3n) is 5.08. The van der Waals surface area contributed by atoms with E-state index in [1.165, 1.54) is 36.4 Å². The first-order chi connectivity index (χ1) is 17.2. The van der Waals surface area contributed by atoms with Crippen LogP contribution in [0.15, 0.2) is 71.1 Å². The van der Waals surface area contributed by atoms with E-state index in [1.54, 1.807) is 12.1 Å². The number of furan rings is 1. The molecule has 36 heavy (non-hydrogen) atoms. The van der Waals surface area contributed by atoms with Crippen LogP contribution < -0.4 is 14.8 Å². The molecule has 0 unspecified atom stereocenters. The molecule has 0 aliphatic heterocycles. The lowest BCUT2D eigenvalue weighted by Gasteiger charge is -2.10. The fourth-order valence-electron chi connectivity index (χ4n) is 3.29. The van der Waals surface area contributed by atoms with Gasteiger partial charge in [0.1, 0.15) is 29.6 Å². The number of ether oxygens (including phenoxy) is 2. The van der Waals surface area contributed by atoms with E-state index in [4.69, 9.17) is 37.1 Å². The lowest BCUT2D eigenvalue weighted by molar-refractivity contribution is -0.384. The van der Waals surface area contributed by atoms with Crippen LogP contribution in [-0.2, 0) is 6.61 Å². The van der Waals surface area contributed by atoms with Gasteiger partial charge in [-0.2, -0.15) is 0 Å². The van der Waals surface area contributed by atoms with Crippen LogP contribution in [0.4, 0.5) is 11.4 Å². The molecule has 1 aromatic heterocycles. The summed E-state index contributed by atoms with van der Waals surface area (Å²) in [4.78, 5) is 23.6. The Morgan fingerprint density at radius 3 is 2.56 bits per heavy atom. The van der Waals surface area contributed by atoms with Gasteiger partial charge in [0.2, 0.25) is 0 Å². The molecule has 0 atom stereocenters. The molecule has 1 amide bonds. The van der Waals surface area contributed by atoms with Gasteiger partial charge in [-0.1, -0.05) is 35.3 Å². The van der Waals surface area contributed by atoms with Crippen LogP contribution in [0.1, 0.15) is 27.4 Å². The minimum Gasteiger partial charge on any atom is -0.485 e. The fourth-order valence-corrected chi connectivity index (χ4v) is 3.73. The molecule has 0 spiro atoms. The number of hydrogen-bond acceptors (Lipinski definition) is 6. The summed E-state index contributed by atoms with van der Waals surface area (Å²) >= 11 is 12.0. The molecule has 0 fully saturated rings. The van der Waals surface area contributed by atoms with Gasteiger partial charge in [0.05, 0.1) is 21.7 Å². The highest BCUT2D eigenvalue weighted by atomic mass is 35.5. The quantitative estimate of drug-likeness (QED) is 0.186. The van der Waals surface area contributed by atoms with E-state index >= 15 is 0 Å². The average molecular weight is 527 g/mol. The highest BCUT2D eigenvalue weighted by molar-refractivity contribution is 6.35. The number of hydrogen-bond donors (Lipinski definition) is 1. The summed E-state index contributed by atoms with van der Waals surface area (Å²) in [5.74, 6) is 0.946. The molecule has 4 rings (SSSR count). The second-order valence-corrected chi connectivity index (χ2v) is 8.77. The predicted octanol–water partition coefficient (Wildman–Crippen LogP) is 7.74. The van der Waals surface area contributed by atoms with Gasteiger partial charge in [0.25, 0.3) is 11.6 Å². The van der Waals surface area contributed by atoms with Gasteiger partial charge < -0.3 is 19.2 Å². The highest BCUT2D eigenvalue weighted by Crippen LogP contribution is 2.34. The molecule has 0 bridgehead atoms. The molecular formula is C26H20Cl2N2O6. The zero-order chi connectivity index (χ0) is 25.8. The van der Waals surface area contributed by atoms with Crippen molar-refractivity contribution in [2.24, 2.45) is 0 Å². The van der Waals surface area contributed by atoms with E-state index in [0.29, 0.717) is 10.8 Å². The Balaban J connectivity index is 1.48. The van der Waals surface area contributed by atoms with Gasteiger partial charge in [0.15, 0.2) is 5.76 Å². The van der Waals surface area contributed by atoms with E-state index in [1.807, 2.05) is 32.0 Å². The number of carbonyl (C=O) groups excluding carboxylic acids is 1. The molecular weight excluding hydrogens is 507 g/mol. The van der Waals surface area contributed by atoms with E-state index in [0.717, 1.165) is 16.9 Å². The molecule has 3 aromatic carbocycles. The molecule has 8 nitrogen and oxygen atoms in total. The van der Waals surface area contributed by atoms with Crippen LogP contribution in [0.2, 0.25) is 10.0 Å². The van der Waals surface area contributed by atoms with Crippen LogP contribution in [0, 0.1) is 24.0 Å². The monoisotopic (exact) mass is 526 g/mol. The van der Waals surface area contributed by atoms with Gasteiger partial charge in [-0.15, -0.1) is 0 Å². The molecule has 10 heteroatoms. The van der Waals surface area contributed by atoms with Crippen LogP contribution in [0.25, 0.3) is 0 Å². The number of nitrogens with zero attached hydrogens (tertiary/aromatic N) is 1. The van der Waals surface area contributed by atoms with Gasteiger partial charge >= 0.3 is 0 Å². The number of anilines is 1. The minimum atomic E-state index is -0.596. The van der Waals surface area contributed by atoms with Crippen molar-refractivity contribution < 1.29 is 23.6 Å². The fraction of sp³-hybridized carbons (Fsp3) is 0.115. The molecule has 0 saturated heterocycles. The summed E-state index contributed by atoms with van der Waals surface area (Å²) < 4.78 is 17.1. The number of nitrogens with one attached hydrogen (secondary N) is 1. The lowest BCUT2D eigenvalue weighted by atomic mass is 10.1. The number of aryl methyl sites for hydroxylation is 2. The second kappa shape index (κ2) is 10.7. The summed E-state index contributed by atoms with van der Waals surface area (Å²) in [6.45, 7) is 4.04. The maximum absolute atomic E-state index is 12.8. The number of halogens is 2. The molecule has 184 valence electrons. The first kappa shape index (κ1) is 25.1. The van der Waals surface area contributed by atoms with E-state index in [-0.39, 0.29) is 40.3 Å². The number of non-ortho nitro benzene ring substituents is 1. The second-order valence-electron chi connectivity index (χ2n) is 7.93. The number of nitro groups is 1. The van der Waals surface area contributed by atoms with Gasteiger partial charge in [-0.3, -0.25) is 14.9 Å². The van der Waals surface area contributed by atoms with Gasteiger partial charge in [0, 0.05) is 17.2 Å². The zero-order valence-corrected chi connectivity index (χ0v) is 20.7. The molecule has 1 N–H and O–H groups in total. The SMILES string of the molecule is Cc1ccc(C)c(OCc2ccc(C(=O)Nc3cc(Oc4ccc(Cl)cc4Cl)cc([N+](=O)[O-])c3)o2)c1. The smallest absolute Gasteiger partial charge is 0.291 e. The summed E-state index contributed by atoms with van der Waals surface area (Å²) in [5, 5.41) is 14.7. The highest BCUT2D eigenvalue weighted by Gasteiger charge is 2.17. The number of carbonyl (C=O) groups is 1. The van der Waals surface area contributed by atoms with Crippen LogP contribution in [0.5, 0.6) is 17.2 Å². The molecule has 4 aromatic rings. The third kappa shape index (κ3) is 6.16. The average Bonchev–Trinajstić information content (AvgIpc) is 3.31. The maximum Gasteiger partial charge on any atom is 0.291 e. The topological polar surface area (TPSA) is 104 Å². The summed E-state index contributed by atoms with van der Waals surface area (Å²) in [7, 11) is 0. The van der Waals surface area contributed by atoms with Crippen molar-refractivity contribution in [3.05, 3.63) is 110 Å². The molecule has 1 heterocycles. The third-order valence-corrected chi connectivity index (χ3v) is 5.61. The normalized spacial score (nSPS) is 10.7.